The molecule has 0 aliphatic rings. The van der Waals surface area contributed by atoms with Gasteiger partial charge in [0.25, 0.3) is 0 Å². The van der Waals surface area contributed by atoms with E-state index in [9.17, 15) is 4.79 Å². The van der Waals surface area contributed by atoms with Crippen LogP contribution in [-0.4, -0.2) is 37.9 Å². The molecule has 1 rings (SSSR count). The quantitative estimate of drug-likeness (QED) is 0.762. The fourth-order valence-corrected chi connectivity index (χ4v) is 1.80. The maximum atomic E-state index is 11.6. The van der Waals surface area contributed by atoms with E-state index in [1.54, 1.807) is 6.92 Å². The van der Waals surface area contributed by atoms with Gasteiger partial charge in [0.15, 0.2) is 0 Å². The molecule has 0 radical (unpaired) electrons. The highest BCUT2D eigenvalue weighted by Gasteiger charge is 2.05. The molecule has 5 heteroatoms. The van der Waals surface area contributed by atoms with Gasteiger partial charge in [-0.15, -0.1) is 0 Å². The van der Waals surface area contributed by atoms with E-state index in [1.807, 2.05) is 44.1 Å². The highest BCUT2D eigenvalue weighted by atomic mass is 16.3. The predicted octanol–water partition coefficient (Wildman–Crippen LogP) is 1.95. The highest BCUT2D eigenvalue weighted by Crippen LogP contribution is 2.21. The Morgan fingerprint density at radius 1 is 1.42 bits per heavy atom. The minimum Gasteiger partial charge on any atom is -0.393 e. The second-order valence-corrected chi connectivity index (χ2v) is 4.91. The first-order valence-corrected chi connectivity index (χ1v) is 6.41. The zero-order chi connectivity index (χ0) is 14.4. The molecule has 0 heterocycles. The smallest absolute Gasteiger partial charge is 0.319 e. The van der Waals surface area contributed by atoms with Gasteiger partial charge in [0.05, 0.1) is 6.10 Å². The molecule has 0 aromatic heterocycles. The molecule has 1 atom stereocenters. The van der Waals surface area contributed by atoms with Crippen LogP contribution in [0, 0.1) is 6.92 Å². The summed E-state index contributed by atoms with van der Waals surface area (Å²) < 4.78 is 0. The first-order chi connectivity index (χ1) is 8.90. The maximum Gasteiger partial charge on any atom is 0.319 e. The van der Waals surface area contributed by atoms with Gasteiger partial charge in [0.1, 0.15) is 0 Å². The van der Waals surface area contributed by atoms with Gasteiger partial charge in [-0.2, -0.15) is 0 Å². The van der Waals surface area contributed by atoms with E-state index in [0.717, 1.165) is 16.9 Å². The molecule has 1 unspecified atom stereocenters. The number of carbonyl (C=O) groups excluding carboxylic acids is 1. The Kier molecular flexibility index (Phi) is 5.63. The van der Waals surface area contributed by atoms with Gasteiger partial charge in [-0.1, -0.05) is 0 Å². The lowest BCUT2D eigenvalue weighted by Gasteiger charge is -2.16. The summed E-state index contributed by atoms with van der Waals surface area (Å²) in [6.07, 6.45) is 0.147. The van der Waals surface area contributed by atoms with Gasteiger partial charge in [0, 0.05) is 32.0 Å². The predicted molar refractivity (Wildman–Crippen MR) is 78.8 cm³/mol. The Morgan fingerprint density at radius 2 is 2.11 bits per heavy atom. The summed E-state index contributed by atoms with van der Waals surface area (Å²) in [6.45, 7) is 4.16. The van der Waals surface area contributed by atoms with Crippen LogP contribution in [0.5, 0.6) is 0 Å². The van der Waals surface area contributed by atoms with Gasteiger partial charge >= 0.3 is 6.03 Å². The van der Waals surface area contributed by atoms with E-state index in [4.69, 9.17) is 5.11 Å². The van der Waals surface area contributed by atoms with Crippen LogP contribution in [0.1, 0.15) is 18.9 Å². The SMILES string of the molecule is Cc1cc(NC(=O)NCCC(C)O)ccc1N(C)C. The number of anilines is 2. The van der Waals surface area contributed by atoms with E-state index in [2.05, 4.69) is 10.6 Å². The molecule has 0 saturated heterocycles. The van der Waals surface area contributed by atoms with Crippen molar-refractivity contribution < 1.29 is 9.90 Å². The van der Waals surface area contributed by atoms with Crippen LogP contribution in [0.2, 0.25) is 0 Å². The third kappa shape index (κ3) is 5.18. The van der Waals surface area contributed by atoms with Crippen molar-refractivity contribution in [3.05, 3.63) is 23.8 Å². The summed E-state index contributed by atoms with van der Waals surface area (Å²) in [5.74, 6) is 0. The summed E-state index contributed by atoms with van der Waals surface area (Å²) >= 11 is 0. The van der Waals surface area contributed by atoms with E-state index in [-0.39, 0.29) is 6.03 Å². The van der Waals surface area contributed by atoms with Crippen LogP contribution in [0.4, 0.5) is 16.2 Å². The number of nitrogens with zero attached hydrogens (tertiary/aromatic N) is 1. The Balaban J connectivity index is 2.53. The summed E-state index contributed by atoms with van der Waals surface area (Å²) in [6, 6.07) is 5.53. The van der Waals surface area contributed by atoms with Gasteiger partial charge in [-0.3, -0.25) is 0 Å². The lowest BCUT2D eigenvalue weighted by molar-refractivity contribution is 0.184. The summed E-state index contributed by atoms with van der Waals surface area (Å²) in [5, 5.41) is 14.6. The second kappa shape index (κ2) is 6.99. The van der Waals surface area contributed by atoms with Crippen LogP contribution in [0.3, 0.4) is 0 Å². The third-order valence-electron chi connectivity index (χ3n) is 2.78. The molecule has 0 fully saturated rings. The number of nitrogens with one attached hydrogen (secondary N) is 2. The molecule has 1 aromatic rings. The minimum absolute atomic E-state index is 0.252. The molecule has 1 aromatic carbocycles. The third-order valence-corrected chi connectivity index (χ3v) is 2.78. The first-order valence-electron chi connectivity index (χ1n) is 6.41. The Labute approximate surface area is 114 Å². The van der Waals surface area contributed by atoms with Crippen molar-refractivity contribution in [1.29, 1.82) is 0 Å². The van der Waals surface area contributed by atoms with Gasteiger partial charge in [-0.25, -0.2) is 4.79 Å². The monoisotopic (exact) mass is 265 g/mol. The van der Waals surface area contributed by atoms with Gasteiger partial charge < -0.3 is 20.6 Å². The molecular formula is C14H23N3O2. The van der Waals surface area contributed by atoms with Gasteiger partial charge in [0.2, 0.25) is 0 Å². The minimum atomic E-state index is -0.401. The molecule has 19 heavy (non-hydrogen) atoms. The lowest BCUT2D eigenvalue weighted by Crippen LogP contribution is -2.30. The largest absolute Gasteiger partial charge is 0.393 e. The Hall–Kier alpha value is -1.75. The van der Waals surface area contributed by atoms with Crippen molar-refractivity contribution in [3.8, 4) is 0 Å². The van der Waals surface area contributed by atoms with Crippen LogP contribution < -0.4 is 15.5 Å². The van der Waals surface area contributed by atoms with Crippen LogP contribution >= 0.6 is 0 Å². The van der Waals surface area contributed by atoms with E-state index < -0.39 is 6.10 Å². The number of hydrogen-bond acceptors (Lipinski definition) is 3. The van der Waals surface area contributed by atoms with Crippen molar-refractivity contribution in [3.63, 3.8) is 0 Å². The number of benzene rings is 1. The van der Waals surface area contributed by atoms with Crippen molar-refractivity contribution in [2.45, 2.75) is 26.4 Å². The zero-order valence-electron chi connectivity index (χ0n) is 12.0. The molecule has 0 spiro atoms. The highest BCUT2D eigenvalue weighted by molar-refractivity contribution is 5.89. The molecule has 0 aliphatic heterocycles. The van der Waals surface area contributed by atoms with Gasteiger partial charge in [-0.05, 0) is 44.0 Å². The van der Waals surface area contributed by atoms with E-state index in [1.165, 1.54) is 0 Å². The number of aliphatic hydroxyl groups is 1. The molecule has 3 N–H and O–H groups in total. The summed E-state index contributed by atoms with van der Waals surface area (Å²) in [7, 11) is 3.97. The maximum absolute atomic E-state index is 11.6. The average molecular weight is 265 g/mol. The molecule has 106 valence electrons. The normalized spacial score (nSPS) is 11.8. The molecule has 2 amide bonds. The number of amides is 2. The molecule has 0 bridgehead atoms. The molecule has 0 aliphatic carbocycles. The summed E-state index contributed by atoms with van der Waals surface area (Å²) in [4.78, 5) is 13.6. The fourth-order valence-electron chi connectivity index (χ4n) is 1.80. The number of aliphatic hydroxyl groups excluding tert-OH is 1. The van der Waals surface area contributed by atoms with Crippen molar-refractivity contribution in [2.75, 3.05) is 30.9 Å². The standard InChI is InChI=1S/C14H23N3O2/c1-10-9-12(5-6-13(10)17(3)4)16-14(19)15-8-7-11(2)18/h5-6,9,11,18H,7-8H2,1-4H3,(H2,15,16,19). The second-order valence-electron chi connectivity index (χ2n) is 4.91. The number of hydrogen-bond donors (Lipinski definition) is 3. The molecule has 5 nitrogen and oxygen atoms in total. The van der Waals surface area contributed by atoms with Crippen molar-refractivity contribution in [1.82, 2.24) is 5.32 Å². The molecular weight excluding hydrogens is 242 g/mol. The van der Waals surface area contributed by atoms with Crippen molar-refractivity contribution >= 4 is 17.4 Å². The Morgan fingerprint density at radius 3 is 2.63 bits per heavy atom. The Bertz CT molecular complexity index is 431. The molecule has 0 saturated carbocycles. The fraction of sp³-hybridized carbons (Fsp3) is 0.500. The topological polar surface area (TPSA) is 64.6 Å². The number of carbonyl (C=O) groups is 1. The zero-order valence-corrected chi connectivity index (χ0v) is 12.0. The number of urea groups is 1. The van der Waals surface area contributed by atoms with Crippen molar-refractivity contribution in [2.24, 2.45) is 0 Å². The van der Waals surface area contributed by atoms with Crippen LogP contribution in [0.15, 0.2) is 18.2 Å². The van der Waals surface area contributed by atoms with Crippen LogP contribution in [-0.2, 0) is 0 Å². The first kappa shape index (κ1) is 15.3. The van der Waals surface area contributed by atoms with E-state index in [0.29, 0.717) is 13.0 Å². The van der Waals surface area contributed by atoms with E-state index >= 15 is 0 Å². The average Bonchev–Trinajstić information content (AvgIpc) is 2.27. The van der Waals surface area contributed by atoms with Crippen LogP contribution in [0.25, 0.3) is 0 Å². The number of rotatable bonds is 5. The summed E-state index contributed by atoms with van der Waals surface area (Å²) in [5.41, 5.74) is 2.99. The lowest BCUT2D eigenvalue weighted by atomic mass is 10.1. The number of aryl methyl sites for hydroxylation is 1.